The van der Waals surface area contributed by atoms with Gasteiger partial charge in [0.15, 0.2) is 0 Å². The lowest BCUT2D eigenvalue weighted by Gasteiger charge is -2.39. The summed E-state index contributed by atoms with van der Waals surface area (Å²) in [5.41, 5.74) is 1.85. The summed E-state index contributed by atoms with van der Waals surface area (Å²) >= 11 is 0. The average molecular weight is 366 g/mol. The molecule has 0 bridgehead atoms. The largest absolute Gasteiger partial charge is 0.467 e. The summed E-state index contributed by atoms with van der Waals surface area (Å²) in [5, 5.41) is 3.22. The standard InChI is InChI=1S/C22H26N2O3/c1-23-18-13-14-24(19(15-18)22(26)27-2)21(25)20(16-9-5-3-6-10-16)17-11-7-4-8-12-17/h3-12,18-20,23H,13-15H2,1-2H3. The topological polar surface area (TPSA) is 58.6 Å². The zero-order valence-corrected chi connectivity index (χ0v) is 15.8. The van der Waals surface area contributed by atoms with E-state index in [1.54, 1.807) is 4.90 Å². The number of carbonyl (C=O) groups excluding carboxylic acids is 2. The molecule has 0 radical (unpaired) electrons. The van der Waals surface area contributed by atoms with Crippen LogP contribution in [0.2, 0.25) is 0 Å². The van der Waals surface area contributed by atoms with Gasteiger partial charge in [-0.25, -0.2) is 4.79 Å². The predicted octanol–water partition coefficient (Wildman–Crippen LogP) is 2.57. The van der Waals surface area contributed by atoms with Gasteiger partial charge in [0.05, 0.1) is 13.0 Å². The van der Waals surface area contributed by atoms with Crippen molar-refractivity contribution in [2.24, 2.45) is 0 Å². The number of nitrogens with zero attached hydrogens (tertiary/aromatic N) is 1. The molecular weight excluding hydrogens is 340 g/mol. The smallest absolute Gasteiger partial charge is 0.328 e. The lowest BCUT2D eigenvalue weighted by molar-refractivity contribution is -0.155. The lowest BCUT2D eigenvalue weighted by Crippen LogP contribution is -2.55. The average Bonchev–Trinajstić information content (AvgIpc) is 2.74. The summed E-state index contributed by atoms with van der Waals surface area (Å²) in [6.45, 7) is 0.528. The first-order valence-corrected chi connectivity index (χ1v) is 9.31. The van der Waals surface area contributed by atoms with E-state index < -0.39 is 12.0 Å². The number of rotatable bonds is 5. The van der Waals surface area contributed by atoms with Crippen LogP contribution in [0.1, 0.15) is 29.9 Å². The molecule has 0 spiro atoms. The number of hydrogen-bond acceptors (Lipinski definition) is 4. The number of methoxy groups -OCH3 is 1. The van der Waals surface area contributed by atoms with Crippen LogP contribution in [0, 0.1) is 0 Å². The van der Waals surface area contributed by atoms with Crippen molar-refractivity contribution in [3.8, 4) is 0 Å². The fourth-order valence-electron chi connectivity index (χ4n) is 3.79. The maximum Gasteiger partial charge on any atom is 0.328 e. The minimum Gasteiger partial charge on any atom is -0.467 e. The van der Waals surface area contributed by atoms with Crippen LogP contribution < -0.4 is 5.32 Å². The summed E-state index contributed by atoms with van der Waals surface area (Å²) in [5.74, 6) is -0.855. The molecule has 1 aliphatic rings. The third kappa shape index (κ3) is 4.19. The normalized spacial score (nSPS) is 19.7. The second-order valence-corrected chi connectivity index (χ2v) is 6.83. The molecular formula is C22H26N2O3. The second-order valence-electron chi connectivity index (χ2n) is 6.83. The molecule has 3 rings (SSSR count). The van der Waals surface area contributed by atoms with E-state index in [-0.39, 0.29) is 17.9 Å². The van der Waals surface area contributed by atoms with E-state index in [2.05, 4.69) is 5.32 Å². The van der Waals surface area contributed by atoms with Crippen LogP contribution in [0.5, 0.6) is 0 Å². The molecule has 1 saturated heterocycles. The minimum atomic E-state index is -0.566. The number of benzene rings is 2. The first kappa shape index (κ1) is 19.1. The third-order valence-electron chi connectivity index (χ3n) is 5.28. The molecule has 0 aromatic heterocycles. The molecule has 5 nitrogen and oxygen atoms in total. The highest BCUT2D eigenvalue weighted by Gasteiger charge is 2.39. The first-order valence-electron chi connectivity index (χ1n) is 9.31. The van der Waals surface area contributed by atoms with Crippen LogP contribution >= 0.6 is 0 Å². The van der Waals surface area contributed by atoms with Gasteiger partial charge in [0, 0.05) is 12.6 Å². The first-order chi connectivity index (χ1) is 13.2. The zero-order valence-electron chi connectivity index (χ0n) is 15.8. The van der Waals surface area contributed by atoms with Crippen molar-refractivity contribution in [3.63, 3.8) is 0 Å². The van der Waals surface area contributed by atoms with Gasteiger partial charge in [-0.2, -0.15) is 0 Å². The number of amides is 1. The van der Waals surface area contributed by atoms with E-state index in [1.165, 1.54) is 7.11 Å². The van der Waals surface area contributed by atoms with E-state index >= 15 is 0 Å². The van der Waals surface area contributed by atoms with Gasteiger partial charge in [0.1, 0.15) is 6.04 Å². The Balaban J connectivity index is 1.96. The van der Waals surface area contributed by atoms with Crippen LogP contribution in [-0.4, -0.2) is 49.6 Å². The Morgan fingerprint density at radius 2 is 1.59 bits per heavy atom. The van der Waals surface area contributed by atoms with Gasteiger partial charge in [0.2, 0.25) is 5.91 Å². The molecule has 2 atom stereocenters. The van der Waals surface area contributed by atoms with E-state index in [0.717, 1.165) is 17.5 Å². The van der Waals surface area contributed by atoms with Gasteiger partial charge in [-0.15, -0.1) is 0 Å². The summed E-state index contributed by atoms with van der Waals surface area (Å²) in [4.78, 5) is 27.7. The quantitative estimate of drug-likeness (QED) is 0.827. The molecule has 2 aromatic rings. The Kier molecular flexibility index (Phi) is 6.24. The minimum absolute atomic E-state index is 0.0580. The Bertz CT molecular complexity index is 724. The molecule has 1 heterocycles. The van der Waals surface area contributed by atoms with E-state index in [1.807, 2.05) is 67.7 Å². The SMILES string of the molecule is CNC1CCN(C(=O)C(c2ccccc2)c2ccccc2)C(C(=O)OC)C1. The van der Waals surface area contributed by atoms with Crippen molar-refractivity contribution in [1.82, 2.24) is 10.2 Å². The third-order valence-corrected chi connectivity index (χ3v) is 5.28. The maximum absolute atomic E-state index is 13.6. The predicted molar refractivity (Wildman–Crippen MR) is 104 cm³/mol. The maximum atomic E-state index is 13.6. The molecule has 1 aliphatic heterocycles. The van der Waals surface area contributed by atoms with Gasteiger partial charge in [0.25, 0.3) is 0 Å². The molecule has 0 aliphatic carbocycles. The molecule has 2 unspecified atom stereocenters. The van der Waals surface area contributed by atoms with Crippen LogP contribution in [0.4, 0.5) is 0 Å². The fraction of sp³-hybridized carbons (Fsp3) is 0.364. The fourth-order valence-corrected chi connectivity index (χ4v) is 3.79. The Labute approximate surface area is 160 Å². The van der Waals surface area contributed by atoms with Gasteiger partial charge in [-0.1, -0.05) is 60.7 Å². The summed E-state index contributed by atoms with van der Waals surface area (Å²) in [6, 6.07) is 19.1. The number of carbonyl (C=O) groups is 2. The number of nitrogens with one attached hydrogen (secondary N) is 1. The van der Waals surface area contributed by atoms with Crippen LogP contribution in [-0.2, 0) is 14.3 Å². The molecule has 27 heavy (non-hydrogen) atoms. The Morgan fingerprint density at radius 3 is 2.07 bits per heavy atom. The van der Waals surface area contributed by atoms with E-state index in [4.69, 9.17) is 4.74 Å². The molecule has 5 heteroatoms. The molecule has 142 valence electrons. The summed E-state index contributed by atoms with van der Waals surface area (Å²) in [6.07, 6.45) is 1.37. The highest BCUT2D eigenvalue weighted by molar-refractivity contribution is 5.91. The molecule has 1 N–H and O–H groups in total. The molecule has 1 fully saturated rings. The van der Waals surface area contributed by atoms with Gasteiger partial charge in [-0.3, -0.25) is 4.79 Å². The number of piperidine rings is 1. The van der Waals surface area contributed by atoms with E-state index in [0.29, 0.717) is 13.0 Å². The number of ether oxygens (including phenoxy) is 1. The van der Waals surface area contributed by atoms with Crippen molar-refractivity contribution in [1.29, 1.82) is 0 Å². The van der Waals surface area contributed by atoms with Crippen LogP contribution in [0.25, 0.3) is 0 Å². The van der Waals surface area contributed by atoms with Gasteiger partial charge >= 0.3 is 5.97 Å². The lowest BCUT2D eigenvalue weighted by atomic mass is 9.87. The van der Waals surface area contributed by atoms with E-state index in [9.17, 15) is 9.59 Å². The molecule has 1 amide bonds. The molecule has 0 saturated carbocycles. The van der Waals surface area contributed by atoms with Gasteiger partial charge < -0.3 is 15.0 Å². The van der Waals surface area contributed by atoms with Gasteiger partial charge in [-0.05, 0) is 31.0 Å². The molecule has 2 aromatic carbocycles. The summed E-state index contributed by atoms with van der Waals surface area (Å²) < 4.78 is 4.99. The monoisotopic (exact) mass is 366 g/mol. The number of likely N-dealkylation sites (tertiary alicyclic amines) is 1. The van der Waals surface area contributed by atoms with Crippen LogP contribution in [0.15, 0.2) is 60.7 Å². The van der Waals surface area contributed by atoms with Crippen molar-refractivity contribution < 1.29 is 14.3 Å². The Morgan fingerprint density at radius 1 is 1.04 bits per heavy atom. The zero-order chi connectivity index (χ0) is 19.2. The van der Waals surface area contributed by atoms with Crippen LogP contribution in [0.3, 0.4) is 0 Å². The Hall–Kier alpha value is -2.66. The highest BCUT2D eigenvalue weighted by atomic mass is 16.5. The van der Waals surface area contributed by atoms with Crippen molar-refractivity contribution in [2.45, 2.75) is 30.8 Å². The number of hydrogen-bond donors (Lipinski definition) is 1. The summed E-state index contributed by atoms with van der Waals surface area (Å²) in [7, 11) is 3.26. The van der Waals surface area contributed by atoms with Crippen molar-refractivity contribution >= 4 is 11.9 Å². The van der Waals surface area contributed by atoms with Crippen molar-refractivity contribution in [3.05, 3.63) is 71.8 Å². The number of esters is 1. The van der Waals surface area contributed by atoms with Crippen molar-refractivity contribution in [2.75, 3.05) is 20.7 Å². The second kappa shape index (κ2) is 8.82. The highest BCUT2D eigenvalue weighted by Crippen LogP contribution is 2.30.